The number of benzene rings is 2. The van der Waals surface area contributed by atoms with Crippen LogP contribution in [-0.4, -0.2) is 40.9 Å². The van der Waals surface area contributed by atoms with Gasteiger partial charge in [0.15, 0.2) is 5.84 Å². The third-order valence-corrected chi connectivity index (χ3v) is 5.89. The number of carbonyl (C=O) groups excluding carboxylic acids is 1. The summed E-state index contributed by atoms with van der Waals surface area (Å²) in [5.41, 5.74) is 8.26. The van der Waals surface area contributed by atoms with Gasteiger partial charge in [-0.2, -0.15) is 4.59 Å². The van der Waals surface area contributed by atoms with Crippen LogP contribution in [0.3, 0.4) is 0 Å². The van der Waals surface area contributed by atoms with E-state index in [4.69, 9.17) is 22.1 Å². The van der Waals surface area contributed by atoms with Gasteiger partial charge in [0, 0.05) is 36.2 Å². The van der Waals surface area contributed by atoms with Crippen LogP contribution in [0.2, 0.25) is 5.02 Å². The van der Waals surface area contributed by atoms with Gasteiger partial charge in [0.1, 0.15) is 31.6 Å². The highest BCUT2D eigenvalue weighted by Crippen LogP contribution is 2.23. The lowest BCUT2D eigenvalue weighted by Gasteiger charge is -2.27. The summed E-state index contributed by atoms with van der Waals surface area (Å²) in [5, 5.41) is 5.30. The first kappa shape index (κ1) is 21.4. The molecule has 0 bridgehead atoms. The predicted molar refractivity (Wildman–Crippen MR) is 122 cm³/mol. The number of nitrogens with zero attached hydrogens (tertiary/aromatic N) is 3. The minimum Gasteiger partial charge on any atom is -0.488 e. The van der Waals surface area contributed by atoms with Gasteiger partial charge in [0.05, 0.1) is 0 Å². The fraction of sp³-hybridized carbons (Fsp3) is 0.333. The van der Waals surface area contributed by atoms with Crippen molar-refractivity contribution in [2.75, 3.05) is 19.7 Å². The molecule has 7 heteroatoms. The van der Waals surface area contributed by atoms with Crippen LogP contribution in [0.25, 0.3) is 0 Å². The van der Waals surface area contributed by atoms with Crippen molar-refractivity contribution in [3.05, 3.63) is 77.0 Å². The SMILES string of the molecule is NC1=N[N+](CCOc2cccc(Cl)c2)(Cc2ccc(CN3CCCCC3=O)cc2)C=C1. The van der Waals surface area contributed by atoms with Gasteiger partial charge in [-0.15, -0.1) is 0 Å². The topological polar surface area (TPSA) is 67.9 Å². The molecule has 2 aliphatic rings. The molecule has 0 aliphatic carbocycles. The summed E-state index contributed by atoms with van der Waals surface area (Å²) in [6.45, 7) is 3.34. The van der Waals surface area contributed by atoms with Gasteiger partial charge in [-0.25, -0.2) is 0 Å². The number of ether oxygens (including phenoxy) is 1. The first-order valence-electron chi connectivity index (χ1n) is 10.7. The molecule has 1 unspecified atom stereocenters. The Balaban J connectivity index is 1.38. The van der Waals surface area contributed by atoms with E-state index in [1.807, 2.05) is 35.4 Å². The van der Waals surface area contributed by atoms with Crippen LogP contribution in [0.1, 0.15) is 30.4 Å². The Hall–Kier alpha value is -2.83. The predicted octanol–water partition coefficient (Wildman–Crippen LogP) is 4.05. The molecule has 0 radical (unpaired) electrons. The summed E-state index contributed by atoms with van der Waals surface area (Å²) in [6, 6.07) is 15.8. The molecule has 0 spiro atoms. The van der Waals surface area contributed by atoms with Crippen LogP contribution in [0.4, 0.5) is 0 Å². The van der Waals surface area contributed by atoms with Crippen molar-refractivity contribution >= 4 is 23.3 Å². The molecule has 1 atom stereocenters. The lowest BCUT2D eigenvalue weighted by molar-refractivity contribution is -0.897. The molecule has 162 valence electrons. The molecular formula is C24H28ClN4O2+. The maximum atomic E-state index is 12.1. The number of hydrogen-bond acceptors (Lipinski definition) is 4. The standard InChI is InChI=1S/C24H28ClN4O2/c25-21-4-3-5-22(16-21)31-15-14-29(13-11-23(26)27-29)18-20-9-7-19(8-10-20)17-28-12-2-1-6-24(28)30/h3-5,7-11,13,16H,1-2,6,12,14-15,17-18H2,(H2,26,27)/q+1. The molecule has 0 saturated carbocycles. The second-order valence-corrected chi connectivity index (χ2v) is 8.54. The smallest absolute Gasteiger partial charge is 0.222 e. The van der Waals surface area contributed by atoms with Crippen molar-refractivity contribution in [2.24, 2.45) is 10.8 Å². The number of rotatable bonds is 8. The Kier molecular flexibility index (Phi) is 6.59. The molecule has 2 N–H and O–H groups in total. The zero-order chi connectivity index (χ0) is 21.7. The summed E-state index contributed by atoms with van der Waals surface area (Å²) < 4.78 is 6.24. The van der Waals surface area contributed by atoms with Gasteiger partial charge >= 0.3 is 0 Å². The zero-order valence-corrected chi connectivity index (χ0v) is 18.3. The highest BCUT2D eigenvalue weighted by atomic mass is 35.5. The number of likely N-dealkylation sites (tertiary alicyclic amines) is 1. The second kappa shape index (κ2) is 9.54. The van der Waals surface area contributed by atoms with Crippen LogP contribution in [0, 0.1) is 0 Å². The van der Waals surface area contributed by atoms with E-state index in [1.165, 1.54) is 0 Å². The first-order valence-corrected chi connectivity index (χ1v) is 11.0. The third kappa shape index (κ3) is 5.66. The van der Waals surface area contributed by atoms with Crippen molar-refractivity contribution in [2.45, 2.75) is 32.4 Å². The first-order chi connectivity index (χ1) is 15.0. The van der Waals surface area contributed by atoms with Crippen molar-refractivity contribution < 1.29 is 14.1 Å². The van der Waals surface area contributed by atoms with Crippen LogP contribution in [0.15, 0.2) is 65.9 Å². The van der Waals surface area contributed by atoms with E-state index in [1.54, 1.807) is 6.07 Å². The fourth-order valence-electron chi connectivity index (χ4n) is 4.00. The number of piperidine rings is 1. The second-order valence-electron chi connectivity index (χ2n) is 8.10. The number of nitrogens with two attached hydrogens (primary N) is 1. The monoisotopic (exact) mass is 439 g/mol. The molecule has 1 amide bonds. The number of amidine groups is 1. The zero-order valence-electron chi connectivity index (χ0n) is 17.5. The summed E-state index contributed by atoms with van der Waals surface area (Å²) >= 11 is 6.03. The van der Waals surface area contributed by atoms with E-state index in [0.29, 0.717) is 48.1 Å². The quantitative estimate of drug-likeness (QED) is 0.631. The van der Waals surface area contributed by atoms with E-state index in [0.717, 1.165) is 36.3 Å². The van der Waals surface area contributed by atoms with Crippen molar-refractivity contribution in [1.29, 1.82) is 0 Å². The lowest BCUT2D eigenvalue weighted by atomic mass is 10.1. The molecular weight excluding hydrogens is 412 g/mol. The normalized spacial score (nSPS) is 20.7. The minimum absolute atomic E-state index is 0.256. The Bertz CT molecular complexity index is 989. The van der Waals surface area contributed by atoms with Crippen molar-refractivity contribution in [3.63, 3.8) is 0 Å². The molecule has 31 heavy (non-hydrogen) atoms. The summed E-state index contributed by atoms with van der Waals surface area (Å²) in [6.07, 6.45) is 6.62. The maximum Gasteiger partial charge on any atom is 0.222 e. The molecule has 2 aromatic rings. The average Bonchev–Trinajstić information content (AvgIpc) is 3.11. The number of quaternary nitrogens is 1. The molecule has 2 aromatic carbocycles. The number of hydrogen-bond donors (Lipinski definition) is 1. The molecule has 1 fully saturated rings. The van der Waals surface area contributed by atoms with Crippen LogP contribution < -0.4 is 10.5 Å². The van der Waals surface area contributed by atoms with Gasteiger partial charge in [-0.3, -0.25) is 4.79 Å². The highest BCUT2D eigenvalue weighted by molar-refractivity contribution is 6.30. The minimum atomic E-state index is 0.256. The molecule has 2 heterocycles. The van der Waals surface area contributed by atoms with Crippen LogP contribution in [-0.2, 0) is 17.9 Å². The molecule has 1 saturated heterocycles. The van der Waals surface area contributed by atoms with Gasteiger partial charge in [-0.1, -0.05) is 47.0 Å². The fourth-order valence-corrected chi connectivity index (χ4v) is 4.18. The van der Waals surface area contributed by atoms with Gasteiger partial charge in [0.2, 0.25) is 5.91 Å². The molecule has 2 aliphatic heterocycles. The van der Waals surface area contributed by atoms with Crippen molar-refractivity contribution in [3.8, 4) is 5.75 Å². The highest BCUT2D eigenvalue weighted by Gasteiger charge is 2.30. The number of carbonyl (C=O) groups is 1. The van der Waals surface area contributed by atoms with E-state index in [2.05, 4.69) is 29.4 Å². The van der Waals surface area contributed by atoms with E-state index in [9.17, 15) is 4.79 Å². The summed E-state index contributed by atoms with van der Waals surface area (Å²) in [7, 11) is 0. The van der Waals surface area contributed by atoms with Gasteiger partial charge in [0.25, 0.3) is 0 Å². The summed E-state index contributed by atoms with van der Waals surface area (Å²) in [4.78, 5) is 14.0. The summed E-state index contributed by atoms with van der Waals surface area (Å²) in [5.74, 6) is 1.51. The lowest BCUT2D eigenvalue weighted by Crippen LogP contribution is -2.39. The number of halogens is 1. The van der Waals surface area contributed by atoms with Crippen molar-refractivity contribution in [1.82, 2.24) is 4.90 Å². The van der Waals surface area contributed by atoms with Crippen LogP contribution >= 0.6 is 11.6 Å². The Morgan fingerprint density at radius 1 is 1.13 bits per heavy atom. The Morgan fingerprint density at radius 2 is 1.94 bits per heavy atom. The third-order valence-electron chi connectivity index (χ3n) is 5.65. The van der Waals surface area contributed by atoms with E-state index >= 15 is 0 Å². The maximum absolute atomic E-state index is 12.1. The van der Waals surface area contributed by atoms with E-state index in [-0.39, 0.29) is 5.91 Å². The Morgan fingerprint density at radius 3 is 2.65 bits per heavy atom. The van der Waals surface area contributed by atoms with Gasteiger partial charge in [-0.05, 0) is 36.6 Å². The molecule has 0 aromatic heterocycles. The largest absolute Gasteiger partial charge is 0.488 e. The molecule has 4 rings (SSSR count). The van der Waals surface area contributed by atoms with E-state index < -0.39 is 0 Å². The van der Waals surface area contributed by atoms with Crippen LogP contribution in [0.5, 0.6) is 5.75 Å². The Labute approximate surface area is 188 Å². The average molecular weight is 440 g/mol. The van der Waals surface area contributed by atoms with Gasteiger partial charge < -0.3 is 15.4 Å². The number of amides is 1. The molecule has 6 nitrogen and oxygen atoms in total.